The minimum absolute atomic E-state index is 0.0327. The number of anilines is 1. The topological polar surface area (TPSA) is 111 Å². The largest absolute Gasteiger partial charge is 0.495 e. The number of esters is 1. The molecule has 0 saturated heterocycles. The second-order valence-corrected chi connectivity index (χ2v) is 8.02. The number of amides is 1. The molecule has 0 spiro atoms. The second-order valence-electron chi connectivity index (χ2n) is 6.25. The van der Waals surface area contributed by atoms with Crippen LogP contribution in [-0.2, 0) is 19.6 Å². The molecule has 0 aliphatic heterocycles. The van der Waals surface area contributed by atoms with Crippen LogP contribution in [-0.4, -0.2) is 40.6 Å². The lowest BCUT2D eigenvalue weighted by Gasteiger charge is -2.11. The summed E-state index contributed by atoms with van der Waals surface area (Å²) in [5.74, 6) is -0.868. The summed E-state index contributed by atoms with van der Waals surface area (Å²) in [4.78, 5) is 24.3. The number of carbonyl (C=O) groups excluding carboxylic acids is 2. The van der Waals surface area contributed by atoms with Crippen LogP contribution in [0.1, 0.15) is 29.3 Å². The Bertz CT molecular complexity index is 988. The first-order chi connectivity index (χ1) is 13.8. The highest BCUT2D eigenvalue weighted by molar-refractivity contribution is 7.89. The average molecular weight is 420 g/mol. The van der Waals surface area contributed by atoms with Crippen LogP contribution in [0.4, 0.5) is 5.69 Å². The zero-order valence-corrected chi connectivity index (χ0v) is 17.3. The van der Waals surface area contributed by atoms with E-state index in [0.29, 0.717) is 24.4 Å². The summed E-state index contributed by atoms with van der Waals surface area (Å²) in [6.45, 7) is 3.47. The minimum atomic E-state index is -3.71. The summed E-state index contributed by atoms with van der Waals surface area (Å²) in [7, 11) is -2.23. The zero-order valence-electron chi connectivity index (χ0n) is 16.5. The molecule has 2 aromatic rings. The van der Waals surface area contributed by atoms with Crippen molar-refractivity contribution < 1.29 is 27.5 Å². The Kier molecular flexibility index (Phi) is 7.74. The van der Waals surface area contributed by atoms with Gasteiger partial charge in [-0.2, -0.15) is 0 Å². The van der Waals surface area contributed by atoms with Gasteiger partial charge in [-0.1, -0.05) is 19.1 Å². The third-order valence-electron chi connectivity index (χ3n) is 3.89. The van der Waals surface area contributed by atoms with Crippen molar-refractivity contribution in [2.45, 2.75) is 25.2 Å². The van der Waals surface area contributed by atoms with E-state index in [9.17, 15) is 18.0 Å². The molecule has 0 fully saturated rings. The van der Waals surface area contributed by atoms with Crippen molar-refractivity contribution in [3.05, 3.63) is 53.6 Å². The van der Waals surface area contributed by atoms with Gasteiger partial charge in [0.15, 0.2) is 6.61 Å². The fraction of sp³-hybridized carbons (Fsp3) is 0.300. The number of methoxy groups -OCH3 is 1. The van der Waals surface area contributed by atoms with Crippen LogP contribution >= 0.6 is 0 Å². The van der Waals surface area contributed by atoms with Crippen LogP contribution in [0.25, 0.3) is 0 Å². The molecule has 9 heteroatoms. The number of ether oxygens (including phenoxy) is 2. The molecule has 156 valence electrons. The summed E-state index contributed by atoms with van der Waals surface area (Å²) in [6, 6.07) is 10.7. The Morgan fingerprint density at radius 3 is 2.55 bits per heavy atom. The molecule has 0 radical (unpaired) electrons. The van der Waals surface area contributed by atoms with Gasteiger partial charge >= 0.3 is 5.97 Å². The Labute approximate surface area is 170 Å². The van der Waals surface area contributed by atoms with Crippen molar-refractivity contribution in [1.82, 2.24) is 4.72 Å². The summed E-state index contributed by atoms with van der Waals surface area (Å²) in [6.07, 6.45) is 0.641. The number of nitrogens with one attached hydrogen (secondary N) is 2. The molecule has 0 aliphatic carbocycles. The first-order valence-corrected chi connectivity index (χ1v) is 10.5. The summed E-state index contributed by atoms with van der Waals surface area (Å²) < 4.78 is 37.0. The molecule has 2 rings (SSSR count). The Morgan fingerprint density at radius 1 is 1.10 bits per heavy atom. The van der Waals surface area contributed by atoms with Crippen LogP contribution in [0.15, 0.2) is 47.4 Å². The maximum absolute atomic E-state index is 12.2. The Hall–Kier alpha value is -2.91. The molecule has 0 aliphatic rings. The quantitative estimate of drug-likeness (QED) is 0.603. The van der Waals surface area contributed by atoms with E-state index in [2.05, 4.69) is 10.0 Å². The van der Waals surface area contributed by atoms with Crippen LogP contribution < -0.4 is 14.8 Å². The van der Waals surface area contributed by atoms with E-state index in [-0.39, 0.29) is 10.5 Å². The highest BCUT2D eigenvalue weighted by Gasteiger charge is 2.17. The molecule has 0 aromatic heterocycles. The van der Waals surface area contributed by atoms with Gasteiger partial charge in [0.2, 0.25) is 10.0 Å². The van der Waals surface area contributed by atoms with Crippen molar-refractivity contribution in [2.24, 2.45) is 0 Å². The van der Waals surface area contributed by atoms with Crippen LogP contribution in [0.2, 0.25) is 0 Å². The van der Waals surface area contributed by atoms with Crippen LogP contribution in [0, 0.1) is 6.92 Å². The SMILES string of the molecule is CCCNS(=O)(=O)c1cccc(C(=O)OCC(=O)Nc2cc(C)ccc2OC)c1. The fourth-order valence-electron chi connectivity index (χ4n) is 2.43. The first-order valence-electron chi connectivity index (χ1n) is 8.98. The van der Waals surface area contributed by atoms with Gasteiger partial charge < -0.3 is 14.8 Å². The average Bonchev–Trinajstić information content (AvgIpc) is 2.71. The van der Waals surface area contributed by atoms with Crippen molar-refractivity contribution in [1.29, 1.82) is 0 Å². The van der Waals surface area contributed by atoms with E-state index in [4.69, 9.17) is 9.47 Å². The molecule has 2 N–H and O–H groups in total. The molecule has 1 amide bonds. The van der Waals surface area contributed by atoms with E-state index in [1.807, 2.05) is 19.9 Å². The van der Waals surface area contributed by atoms with Gasteiger partial charge in [-0.05, 0) is 49.2 Å². The highest BCUT2D eigenvalue weighted by Crippen LogP contribution is 2.25. The zero-order chi connectivity index (χ0) is 21.4. The smallest absolute Gasteiger partial charge is 0.338 e. The van der Waals surface area contributed by atoms with Gasteiger partial charge in [0, 0.05) is 6.54 Å². The maximum atomic E-state index is 12.2. The van der Waals surface area contributed by atoms with E-state index in [1.54, 1.807) is 12.1 Å². The number of benzene rings is 2. The normalized spacial score (nSPS) is 11.0. The number of hydrogen-bond donors (Lipinski definition) is 2. The molecular formula is C20H24N2O6S. The molecule has 29 heavy (non-hydrogen) atoms. The van der Waals surface area contributed by atoms with Crippen LogP contribution in [0.5, 0.6) is 5.75 Å². The van der Waals surface area contributed by atoms with Crippen molar-refractivity contribution >= 4 is 27.6 Å². The lowest BCUT2D eigenvalue weighted by Crippen LogP contribution is -2.25. The van der Waals surface area contributed by atoms with Crippen molar-refractivity contribution in [3.8, 4) is 5.75 Å². The molecule has 0 heterocycles. The number of sulfonamides is 1. The predicted octanol–water partition coefficient (Wildman–Crippen LogP) is 2.49. The predicted molar refractivity (Wildman–Crippen MR) is 109 cm³/mol. The third kappa shape index (κ3) is 6.30. The van der Waals surface area contributed by atoms with E-state index >= 15 is 0 Å². The minimum Gasteiger partial charge on any atom is -0.495 e. The van der Waals surface area contributed by atoms with E-state index < -0.39 is 28.5 Å². The Morgan fingerprint density at radius 2 is 1.86 bits per heavy atom. The molecule has 0 atom stereocenters. The maximum Gasteiger partial charge on any atom is 0.338 e. The molecule has 0 unspecified atom stereocenters. The monoisotopic (exact) mass is 420 g/mol. The molecular weight excluding hydrogens is 396 g/mol. The van der Waals surface area contributed by atoms with E-state index in [0.717, 1.165) is 5.56 Å². The number of aryl methyl sites for hydroxylation is 1. The van der Waals surface area contributed by atoms with Gasteiger partial charge in [-0.3, -0.25) is 4.79 Å². The van der Waals surface area contributed by atoms with Gasteiger partial charge in [-0.15, -0.1) is 0 Å². The standard InChI is InChI=1S/C20H24N2O6S/c1-4-10-21-29(25,26)16-7-5-6-15(12-16)20(24)28-13-19(23)22-17-11-14(2)8-9-18(17)27-3/h5-9,11-12,21H,4,10,13H2,1-3H3,(H,22,23). The summed E-state index contributed by atoms with van der Waals surface area (Å²) in [5, 5.41) is 2.62. The van der Waals surface area contributed by atoms with E-state index in [1.165, 1.54) is 31.4 Å². The number of rotatable bonds is 9. The van der Waals surface area contributed by atoms with Gasteiger partial charge in [0.25, 0.3) is 5.91 Å². The fourth-order valence-corrected chi connectivity index (χ4v) is 3.61. The van der Waals surface area contributed by atoms with Crippen LogP contribution in [0.3, 0.4) is 0 Å². The lowest BCUT2D eigenvalue weighted by molar-refractivity contribution is -0.119. The number of hydrogen-bond acceptors (Lipinski definition) is 6. The lowest BCUT2D eigenvalue weighted by atomic mass is 10.2. The van der Waals surface area contributed by atoms with Gasteiger partial charge in [0.05, 0.1) is 23.3 Å². The molecule has 0 bridgehead atoms. The Balaban J connectivity index is 2.01. The second kappa shape index (κ2) is 10.0. The molecule has 2 aromatic carbocycles. The summed E-state index contributed by atoms with van der Waals surface area (Å²) in [5.41, 5.74) is 1.42. The third-order valence-corrected chi connectivity index (χ3v) is 5.34. The molecule has 8 nitrogen and oxygen atoms in total. The molecule has 0 saturated carbocycles. The van der Waals surface area contributed by atoms with Gasteiger partial charge in [-0.25, -0.2) is 17.9 Å². The van der Waals surface area contributed by atoms with Gasteiger partial charge in [0.1, 0.15) is 5.75 Å². The summed E-state index contributed by atoms with van der Waals surface area (Å²) >= 11 is 0. The first kappa shape index (κ1) is 22.4. The highest BCUT2D eigenvalue weighted by atomic mass is 32.2. The number of carbonyl (C=O) groups is 2. The van der Waals surface area contributed by atoms with Crippen molar-refractivity contribution in [2.75, 3.05) is 25.6 Å². The van der Waals surface area contributed by atoms with Crippen molar-refractivity contribution in [3.63, 3.8) is 0 Å².